The molecule has 0 aliphatic rings. The molecule has 4 aromatic rings. The number of Topliss-reactive ketones (excluding diaryl/α,β-unsaturated/α-hetero) is 1. The third-order valence-electron chi connectivity index (χ3n) is 4.48. The van der Waals surface area contributed by atoms with E-state index in [-0.39, 0.29) is 18.2 Å². The SMILES string of the molecule is CC(=O)c1ccc(-c2ccc3oc(CNC(=O)C=Cc4ccc(N)nc4)cc3c2)s1. The Balaban J connectivity index is 1.42. The van der Waals surface area contributed by atoms with Gasteiger partial charge in [0.15, 0.2) is 5.78 Å². The number of nitrogens with zero attached hydrogens (tertiary/aromatic N) is 1. The fourth-order valence-electron chi connectivity index (χ4n) is 2.94. The maximum absolute atomic E-state index is 12.1. The number of carbonyl (C=O) groups is 2. The van der Waals surface area contributed by atoms with Crippen LogP contribution >= 0.6 is 11.3 Å². The summed E-state index contributed by atoms with van der Waals surface area (Å²) >= 11 is 1.47. The van der Waals surface area contributed by atoms with E-state index in [2.05, 4.69) is 10.3 Å². The molecule has 0 spiro atoms. The van der Waals surface area contributed by atoms with Crippen LogP contribution in [-0.2, 0) is 11.3 Å². The topological polar surface area (TPSA) is 98.2 Å². The second kappa shape index (κ2) is 8.34. The van der Waals surface area contributed by atoms with Crippen molar-refractivity contribution in [3.05, 3.63) is 77.0 Å². The van der Waals surface area contributed by atoms with Crippen LogP contribution in [0.4, 0.5) is 5.82 Å². The van der Waals surface area contributed by atoms with Crippen molar-refractivity contribution in [1.82, 2.24) is 10.3 Å². The molecule has 3 N–H and O–H groups in total. The van der Waals surface area contributed by atoms with Gasteiger partial charge in [-0.1, -0.05) is 0 Å². The minimum Gasteiger partial charge on any atom is -0.459 e. The van der Waals surface area contributed by atoms with Crippen LogP contribution in [0.2, 0.25) is 0 Å². The zero-order valence-electron chi connectivity index (χ0n) is 16.2. The fraction of sp³-hybridized carbons (Fsp3) is 0.0870. The predicted octanol–water partition coefficient (Wildman–Crippen LogP) is 4.67. The number of ketones is 1. The standard InChI is InChI=1S/C23H19N3O3S/c1-14(27)20-6-7-21(30-20)16-4-5-19-17(10-16)11-18(29-19)13-26-23(28)9-3-15-2-8-22(24)25-12-15/h2-12H,13H2,1H3,(H2,24,25)(H,26,28). The largest absolute Gasteiger partial charge is 0.459 e. The summed E-state index contributed by atoms with van der Waals surface area (Å²) in [5.74, 6) is 0.926. The monoisotopic (exact) mass is 417 g/mol. The average molecular weight is 417 g/mol. The van der Waals surface area contributed by atoms with E-state index in [0.717, 1.165) is 31.9 Å². The number of carbonyl (C=O) groups excluding carboxylic acids is 2. The minimum atomic E-state index is -0.233. The van der Waals surface area contributed by atoms with Crippen molar-refractivity contribution in [2.75, 3.05) is 5.73 Å². The molecule has 0 bridgehead atoms. The number of hydrogen-bond donors (Lipinski definition) is 2. The Morgan fingerprint density at radius 2 is 2.03 bits per heavy atom. The fourth-order valence-corrected chi connectivity index (χ4v) is 3.84. The lowest BCUT2D eigenvalue weighted by molar-refractivity contribution is -0.116. The number of rotatable bonds is 6. The van der Waals surface area contributed by atoms with E-state index in [1.807, 2.05) is 36.4 Å². The van der Waals surface area contributed by atoms with E-state index in [9.17, 15) is 9.59 Å². The van der Waals surface area contributed by atoms with E-state index >= 15 is 0 Å². The molecule has 6 nitrogen and oxygen atoms in total. The van der Waals surface area contributed by atoms with Crippen molar-refractivity contribution in [3.8, 4) is 10.4 Å². The Bertz CT molecular complexity index is 1250. The van der Waals surface area contributed by atoms with Gasteiger partial charge in [0.05, 0.1) is 11.4 Å². The van der Waals surface area contributed by atoms with Gasteiger partial charge in [-0.2, -0.15) is 0 Å². The molecule has 0 fully saturated rings. The highest BCUT2D eigenvalue weighted by Gasteiger charge is 2.10. The molecule has 0 saturated heterocycles. The quantitative estimate of drug-likeness (QED) is 0.351. The Labute approximate surface area is 177 Å². The molecule has 0 radical (unpaired) electrons. The first-order chi connectivity index (χ1) is 14.5. The molecular formula is C23H19N3O3S. The van der Waals surface area contributed by atoms with Crippen LogP contribution in [0, 0.1) is 0 Å². The van der Waals surface area contributed by atoms with Gasteiger partial charge in [-0.25, -0.2) is 4.98 Å². The lowest BCUT2D eigenvalue weighted by Crippen LogP contribution is -2.19. The van der Waals surface area contributed by atoms with Crippen LogP contribution < -0.4 is 11.1 Å². The van der Waals surface area contributed by atoms with Gasteiger partial charge in [-0.05, 0) is 72.7 Å². The Morgan fingerprint density at radius 3 is 2.77 bits per heavy atom. The summed E-state index contributed by atoms with van der Waals surface area (Å²) in [5.41, 5.74) is 8.10. The van der Waals surface area contributed by atoms with Crippen molar-refractivity contribution in [2.24, 2.45) is 0 Å². The summed E-state index contributed by atoms with van der Waals surface area (Å²) in [6.07, 6.45) is 4.71. The highest BCUT2D eigenvalue weighted by atomic mass is 32.1. The smallest absolute Gasteiger partial charge is 0.244 e. The minimum absolute atomic E-state index is 0.0652. The second-order valence-electron chi connectivity index (χ2n) is 6.75. The van der Waals surface area contributed by atoms with Gasteiger partial charge in [0.2, 0.25) is 5.91 Å². The number of anilines is 1. The van der Waals surface area contributed by atoms with Gasteiger partial charge >= 0.3 is 0 Å². The third kappa shape index (κ3) is 4.47. The normalized spacial score (nSPS) is 11.2. The van der Waals surface area contributed by atoms with Crippen molar-refractivity contribution < 1.29 is 14.0 Å². The lowest BCUT2D eigenvalue weighted by atomic mass is 10.1. The number of aromatic nitrogens is 1. The van der Waals surface area contributed by atoms with Crippen molar-refractivity contribution in [1.29, 1.82) is 0 Å². The molecule has 0 atom stereocenters. The molecular weight excluding hydrogens is 398 g/mol. The van der Waals surface area contributed by atoms with E-state index in [4.69, 9.17) is 10.2 Å². The van der Waals surface area contributed by atoms with Gasteiger partial charge in [-0.15, -0.1) is 11.3 Å². The number of thiophene rings is 1. The van der Waals surface area contributed by atoms with Gasteiger partial charge in [0.1, 0.15) is 17.2 Å². The van der Waals surface area contributed by atoms with Crippen molar-refractivity contribution in [3.63, 3.8) is 0 Å². The Hall–Kier alpha value is -3.71. The maximum Gasteiger partial charge on any atom is 0.244 e. The van der Waals surface area contributed by atoms with Gasteiger partial charge in [0, 0.05) is 22.5 Å². The summed E-state index contributed by atoms with van der Waals surface area (Å²) in [7, 11) is 0. The first kappa shape index (κ1) is 19.6. The average Bonchev–Trinajstić information content (AvgIpc) is 3.38. The van der Waals surface area contributed by atoms with Gasteiger partial charge in [-0.3, -0.25) is 9.59 Å². The molecule has 1 aromatic carbocycles. The summed E-state index contributed by atoms with van der Waals surface area (Å²) in [6.45, 7) is 1.85. The predicted molar refractivity (Wildman–Crippen MR) is 119 cm³/mol. The van der Waals surface area contributed by atoms with Crippen LogP contribution in [0.15, 0.2) is 65.2 Å². The zero-order chi connectivity index (χ0) is 21.1. The highest BCUT2D eigenvalue weighted by Crippen LogP contribution is 2.31. The van der Waals surface area contributed by atoms with E-state index in [0.29, 0.717) is 11.6 Å². The summed E-state index contributed by atoms with van der Waals surface area (Å²) < 4.78 is 5.82. The molecule has 150 valence electrons. The van der Waals surface area contributed by atoms with E-state index in [1.54, 1.807) is 31.3 Å². The number of fused-ring (bicyclic) bond motifs is 1. The number of furan rings is 1. The molecule has 30 heavy (non-hydrogen) atoms. The Morgan fingerprint density at radius 1 is 1.17 bits per heavy atom. The molecule has 3 aromatic heterocycles. The van der Waals surface area contributed by atoms with E-state index in [1.165, 1.54) is 17.4 Å². The van der Waals surface area contributed by atoms with Crippen LogP contribution in [0.5, 0.6) is 0 Å². The number of nitrogens with two attached hydrogens (primary N) is 1. The highest BCUT2D eigenvalue weighted by molar-refractivity contribution is 7.17. The van der Waals surface area contributed by atoms with Gasteiger partial charge < -0.3 is 15.5 Å². The summed E-state index contributed by atoms with van der Waals surface area (Å²) in [5, 5.41) is 3.75. The van der Waals surface area contributed by atoms with Crippen molar-refractivity contribution in [2.45, 2.75) is 13.5 Å². The molecule has 0 aliphatic heterocycles. The number of pyridine rings is 1. The molecule has 3 heterocycles. The van der Waals surface area contributed by atoms with Gasteiger partial charge in [0.25, 0.3) is 0 Å². The molecule has 0 aliphatic carbocycles. The molecule has 7 heteroatoms. The first-order valence-electron chi connectivity index (χ1n) is 9.29. The molecule has 4 rings (SSSR count). The number of nitrogens with one attached hydrogen (secondary N) is 1. The number of nitrogen functional groups attached to an aromatic ring is 1. The molecule has 0 unspecified atom stereocenters. The second-order valence-corrected chi connectivity index (χ2v) is 7.84. The van der Waals surface area contributed by atoms with Crippen LogP contribution in [0.3, 0.4) is 0 Å². The molecule has 1 amide bonds. The third-order valence-corrected chi connectivity index (χ3v) is 5.71. The van der Waals surface area contributed by atoms with Crippen LogP contribution in [0.25, 0.3) is 27.5 Å². The lowest BCUT2D eigenvalue weighted by Gasteiger charge is -1.98. The number of hydrogen-bond acceptors (Lipinski definition) is 6. The number of benzene rings is 1. The summed E-state index contributed by atoms with van der Waals surface area (Å²) in [6, 6.07) is 15.1. The van der Waals surface area contributed by atoms with E-state index < -0.39 is 0 Å². The van der Waals surface area contributed by atoms with Crippen LogP contribution in [0.1, 0.15) is 27.9 Å². The van der Waals surface area contributed by atoms with Crippen molar-refractivity contribution >= 4 is 45.9 Å². The first-order valence-corrected chi connectivity index (χ1v) is 10.1. The van der Waals surface area contributed by atoms with Crippen LogP contribution in [-0.4, -0.2) is 16.7 Å². The maximum atomic E-state index is 12.1. The summed E-state index contributed by atoms with van der Waals surface area (Å²) in [4.78, 5) is 29.3. The zero-order valence-corrected chi connectivity index (χ0v) is 17.0. The molecule has 0 saturated carbocycles. The number of amides is 1. The Kier molecular flexibility index (Phi) is 5.45.